The number of carbonyl (C=O) groups is 2. The summed E-state index contributed by atoms with van der Waals surface area (Å²) in [6, 6.07) is 4.75. The molecule has 0 atom stereocenters. The van der Waals surface area contributed by atoms with E-state index in [0.717, 1.165) is 12.8 Å². The van der Waals surface area contributed by atoms with Gasteiger partial charge in [0.15, 0.2) is 6.39 Å². The average Bonchev–Trinajstić information content (AvgIpc) is 3.38. The molecule has 8 heteroatoms. The molecule has 0 bridgehead atoms. The zero-order chi connectivity index (χ0) is 19.2. The lowest BCUT2D eigenvalue weighted by Crippen LogP contribution is -2.46. The molecule has 0 N–H and O–H groups in total. The van der Waals surface area contributed by atoms with Crippen molar-refractivity contribution in [1.82, 2.24) is 9.88 Å². The molecule has 2 aliphatic rings. The molecule has 1 spiro atoms. The number of carbonyl (C=O) groups excluding carboxylic acids is 2. The lowest BCUT2D eigenvalue weighted by Gasteiger charge is -2.30. The van der Waals surface area contributed by atoms with E-state index in [-0.39, 0.29) is 17.5 Å². The van der Waals surface area contributed by atoms with Crippen LogP contribution in [0.15, 0.2) is 29.1 Å². The summed E-state index contributed by atoms with van der Waals surface area (Å²) in [6.45, 7) is 1.89. The van der Waals surface area contributed by atoms with Gasteiger partial charge in [-0.2, -0.15) is 5.26 Å². The number of aromatic nitrogens is 1. The summed E-state index contributed by atoms with van der Waals surface area (Å²) < 4.78 is 5.30. The molecule has 3 amide bonds. The Bertz CT molecular complexity index is 958. The third kappa shape index (κ3) is 2.52. The van der Waals surface area contributed by atoms with Gasteiger partial charge in [0.05, 0.1) is 29.0 Å². The number of rotatable bonds is 3. The van der Waals surface area contributed by atoms with Crippen LogP contribution in [0.4, 0.5) is 10.5 Å². The Labute approximate surface area is 161 Å². The number of oxazole rings is 1. The molecule has 4 rings (SSSR count). The van der Waals surface area contributed by atoms with Crippen LogP contribution in [0, 0.1) is 18.3 Å². The normalized spacial score (nSPS) is 18.6. The molecule has 2 heterocycles. The molecule has 2 fully saturated rings. The second-order valence-electron chi connectivity index (χ2n) is 6.90. The fraction of sp³-hybridized carbons (Fsp3) is 0.368. The van der Waals surface area contributed by atoms with Crippen molar-refractivity contribution in [3.8, 4) is 6.07 Å². The van der Waals surface area contributed by atoms with Crippen LogP contribution < -0.4 is 4.90 Å². The highest BCUT2D eigenvalue weighted by Gasteiger charge is 2.59. The fourth-order valence-electron chi connectivity index (χ4n) is 4.07. The predicted octanol–water partition coefficient (Wildman–Crippen LogP) is 3.79. The van der Waals surface area contributed by atoms with Crippen LogP contribution >= 0.6 is 11.6 Å². The number of imide groups is 1. The lowest BCUT2D eigenvalue weighted by molar-refractivity contribution is -0.124. The fourth-order valence-corrected chi connectivity index (χ4v) is 4.27. The van der Waals surface area contributed by atoms with Crippen LogP contribution in [-0.2, 0) is 11.3 Å². The van der Waals surface area contributed by atoms with Gasteiger partial charge < -0.3 is 9.32 Å². The summed E-state index contributed by atoms with van der Waals surface area (Å²) in [6.07, 6.45) is 5.85. The van der Waals surface area contributed by atoms with Crippen molar-refractivity contribution in [3.63, 3.8) is 0 Å². The zero-order valence-corrected chi connectivity index (χ0v) is 15.5. The molecule has 27 heavy (non-hydrogen) atoms. The first-order valence-corrected chi connectivity index (χ1v) is 9.10. The maximum absolute atomic E-state index is 13.4. The van der Waals surface area contributed by atoms with E-state index in [1.807, 2.05) is 6.07 Å². The molecular formula is C19H17ClN4O3. The third-order valence-electron chi connectivity index (χ3n) is 5.49. The van der Waals surface area contributed by atoms with Crippen LogP contribution in [0.1, 0.15) is 42.6 Å². The minimum Gasteiger partial charge on any atom is -0.447 e. The maximum atomic E-state index is 13.4. The van der Waals surface area contributed by atoms with Gasteiger partial charge in [-0.15, -0.1) is 0 Å². The largest absolute Gasteiger partial charge is 0.447 e. The second kappa shape index (κ2) is 6.39. The first-order valence-electron chi connectivity index (χ1n) is 8.72. The highest BCUT2D eigenvalue weighted by molar-refractivity contribution is 6.33. The van der Waals surface area contributed by atoms with Gasteiger partial charge in [-0.3, -0.25) is 4.79 Å². The topological polar surface area (TPSA) is 90.4 Å². The van der Waals surface area contributed by atoms with Crippen LogP contribution in [0.25, 0.3) is 0 Å². The van der Waals surface area contributed by atoms with Gasteiger partial charge in [0.2, 0.25) is 0 Å². The zero-order valence-electron chi connectivity index (χ0n) is 14.7. The van der Waals surface area contributed by atoms with Crippen molar-refractivity contribution in [3.05, 3.63) is 46.6 Å². The SMILES string of the molecule is Cc1c(N2C(=O)N(Cc3cnco3)C3(CCCC3)C2=O)ccc(C#N)c1Cl. The first kappa shape index (κ1) is 17.6. The number of nitrogens with zero attached hydrogens (tertiary/aromatic N) is 4. The predicted molar refractivity (Wildman–Crippen MR) is 97.0 cm³/mol. The number of halogens is 1. The highest BCUT2D eigenvalue weighted by atomic mass is 35.5. The Balaban J connectivity index is 1.79. The minimum absolute atomic E-state index is 0.185. The molecule has 1 aromatic heterocycles. The minimum atomic E-state index is -0.864. The molecule has 1 aromatic carbocycles. The highest BCUT2D eigenvalue weighted by Crippen LogP contribution is 2.45. The summed E-state index contributed by atoms with van der Waals surface area (Å²) in [5.41, 5.74) is 0.398. The summed E-state index contributed by atoms with van der Waals surface area (Å²) in [5, 5.41) is 9.40. The molecule has 1 saturated carbocycles. The van der Waals surface area contributed by atoms with Gasteiger partial charge in [-0.05, 0) is 37.5 Å². The summed E-state index contributed by atoms with van der Waals surface area (Å²) >= 11 is 6.27. The van der Waals surface area contributed by atoms with E-state index in [1.165, 1.54) is 17.4 Å². The van der Waals surface area contributed by atoms with Gasteiger partial charge in [-0.25, -0.2) is 14.7 Å². The molecule has 1 saturated heterocycles. The Morgan fingerprint density at radius 3 is 2.70 bits per heavy atom. The molecule has 138 valence electrons. The van der Waals surface area contributed by atoms with Crippen molar-refractivity contribution in [2.45, 2.75) is 44.7 Å². The molecule has 0 unspecified atom stereocenters. The molecule has 1 aliphatic heterocycles. The molecule has 7 nitrogen and oxygen atoms in total. The smallest absolute Gasteiger partial charge is 0.332 e. The molecule has 2 aromatic rings. The first-order chi connectivity index (χ1) is 13.0. The van der Waals surface area contributed by atoms with Crippen molar-refractivity contribution < 1.29 is 14.0 Å². The number of hydrogen-bond donors (Lipinski definition) is 0. The Kier molecular flexibility index (Phi) is 4.16. The van der Waals surface area contributed by atoms with E-state index in [9.17, 15) is 9.59 Å². The monoisotopic (exact) mass is 384 g/mol. The molecule has 1 aliphatic carbocycles. The van der Waals surface area contributed by atoms with Crippen molar-refractivity contribution in [2.24, 2.45) is 0 Å². The summed E-state index contributed by atoms with van der Waals surface area (Å²) in [4.78, 5) is 33.4. The lowest BCUT2D eigenvalue weighted by atomic mass is 9.95. The third-order valence-corrected chi connectivity index (χ3v) is 5.97. The van der Waals surface area contributed by atoms with Crippen LogP contribution in [-0.4, -0.2) is 27.4 Å². The standard InChI is InChI=1S/C19H17ClN4O3/c1-12-15(5-4-13(8-21)16(12)20)24-17(25)19(6-2-3-7-19)23(18(24)26)10-14-9-22-11-27-14/h4-5,9,11H,2-3,6-7,10H2,1H3. The Morgan fingerprint density at radius 2 is 2.07 bits per heavy atom. The van der Waals surface area contributed by atoms with Gasteiger partial charge >= 0.3 is 6.03 Å². The second-order valence-corrected chi connectivity index (χ2v) is 7.28. The number of nitriles is 1. The Morgan fingerprint density at radius 1 is 1.33 bits per heavy atom. The van der Waals surface area contributed by atoms with E-state index >= 15 is 0 Å². The van der Waals surface area contributed by atoms with E-state index in [0.29, 0.717) is 35.4 Å². The van der Waals surface area contributed by atoms with Gasteiger partial charge in [-0.1, -0.05) is 24.4 Å². The van der Waals surface area contributed by atoms with Crippen molar-refractivity contribution in [2.75, 3.05) is 4.90 Å². The number of hydrogen-bond acceptors (Lipinski definition) is 5. The van der Waals surface area contributed by atoms with Crippen molar-refractivity contribution >= 4 is 29.2 Å². The molecule has 0 radical (unpaired) electrons. The summed E-state index contributed by atoms with van der Waals surface area (Å²) in [5.74, 6) is 0.284. The quantitative estimate of drug-likeness (QED) is 0.751. The molecular weight excluding hydrogens is 368 g/mol. The number of benzene rings is 1. The van der Waals surface area contributed by atoms with E-state index in [1.54, 1.807) is 24.1 Å². The van der Waals surface area contributed by atoms with Gasteiger partial charge in [0.25, 0.3) is 5.91 Å². The van der Waals surface area contributed by atoms with E-state index < -0.39 is 11.6 Å². The van der Waals surface area contributed by atoms with E-state index in [2.05, 4.69) is 4.98 Å². The van der Waals surface area contributed by atoms with Gasteiger partial charge in [0, 0.05) is 0 Å². The number of amides is 3. The van der Waals surface area contributed by atoms with E-state index in [4.69, 9.17) is 21.3 Å². The van der Waals surface area contributed by atoms with Crippen LogP contribution in [0.5, 0.6) is 0 Å². The number of urea groups is 1. The number of anilines is 1. The average molecular weight is 385 g/mol. The van der Waals surface area contributed by atoms with Crippen LogP contribution in [0.2, 0.25) is 5.02 Å². The van der Waals surface area contributed by atoms with Crippen molar-refractivity contribution in [1.29, 1.82) is 5.26 Å². The maximum Gasteiger partial charge on any atom is 0.332 e. The Hall–Kier alpha value is -2.85. The summed E-state index contributed by atoms with van der Waals surface area (Å²) in [7, 11) is 0. The van der Waals surface area contributed by atoms with Crippen LogP contribution in [0.3, 0.4) is 0 Å². The van der Waals surface area contributed by atoms with Gasteiger partial charge in [0.1, 0.15) is 17.4 Å².